The molecule has 25 heavy (non-hydrogen) atoms. The molecule has 136 valence electrons. The molecule has 0 aliphatic heterocycles. The summed E-state index contributed by atoms with van der Waals surface area (Å²) in [6, 6.07) is 5.99. The molecular formula is C19H30N6. The first-order valence-electron chi connectivity index (χ1n) is 8.93. The fourth-order valence-corrected chi connectivity index (χ4v) is 2.79. The van der Waals surface area contributed by atoms with E-state index in [4.69, 9.17) is 4.99 Å². The zero-order valence-electron chi connectivity index (χ0n) is 16.0. The Kier molecular flexibility index (Phi) is 6.98. The number of aliphatic imine (C=N–C) groups is 1. The molecule has 0 aromatic carbocycles. The van der Waals surface area contributed by atoms with Gasteiger partial charge in [0, 0.05) is 63.8 Å². The van der Waals surface area contributed by atoms with Gasteiger partial charge in [0.1, 0.15) is 0 Å². The van der Waals surface area contributed by atoms with Gasteiger partial charge in [-0.15, -0.1) is 0 Å². The molecule has 0 spiro atoms. The molecule has 1 N–H and O–H groups in total. The topological polar surface area (TPSA) is 58.3 Å². The van der Waals surface area contributed by atoms with Crippen molar-refractivity contribution in [3.63, 3.8) is 0 Å². The fourth-order valence-electron chi connectivity index (χ4n) is 2.79. The number of hydrogen-bond donors (Lipinski definition) is 1. The van der Waals surface area contributed by atoms with Crippen LogP contribution in [0.4, 0.5) is 0 Å². The Labute approximate surface area is 151 Å². The summed E-state index contributed by atoms with van der Waals surface area (Å²) in [7, 11) is 4.04. The lowest BCUT2D eigenvalue weighted by atomic mass is 10.1. The number of aromatic nitrogens is 3. The summed E-state index contributed by atoms with van der Waals surface area (Å²) in [6.45, 7) is 8.79. The highest BCUT2D eigenvalue weighted by Gasteiger charge is 2.15. The molecule has 0 saturated heterocycles. The van der Waals surface area contributed by atoms with Gasteiger partial charge in [-0.3, -0.25) is 14.7 Å². The van der Waals surface area contributed by atoms with Crippen molar-refractivity contribution in [2.24, 2.45) is 12.0 Å². The Balaban J connectivity index is 2.04. The Hall–Kier alpha value is -2.37. The molecule has 2 aromatic rings. The Bertz CT molecular complexity index is 674. The van der Waals surface area contributed by atoms with Crippen LogP contribution in [-0.4, -0.2) is 45.8 Å². The van der Waals surface area contributed by atoms with E-state index < -0.39 is 0 Å². The van der Waals surface area contributed by atoms with Gasteiger partial charge in [-0.2, -0.15) is 5.10 Å². The molecular weight excluding hydrogens is 312 g/mol. The summed E-state index contributed by atoms with van der Waals surface area (Å²) in [4.78, 5) is 11.3. The summed E-state index contributed by atoms with van der Waals surface area (Å²) < 4.78 is 1.89. The van der Waals surface area contributed by atoms with Crippen LogP contribution >= 0.6 is 0 Å². The Morgan fingerprint density at radius 3 is 2.80 bits per heavy atom. The van der Waals surface area contributed by atoms with Gasteiger partial charge in [-0.1, -0.05) is 19.9 Å². The highest BCUT2D eigenvalue weighted by molar-refractivity contribution is 5.79. The third kappa shape index (κ3) is 5.59. The summed E-state index contributed by atoms with van der Waals surface area (Å²) in [5, 5.41) is 7.96. The number of hydrogen-bond acceptors (Lipinski definition) is 3. The molecule has 0 bridgehead atoms. The van der Waals surface area contributed by atoms with Crippen molar-refractivity contribution >= 4 is 5.96 Å². The van der Waals surface area contributed by atoms with Crippen LogP contribution in [-0.2, 0) is 20.0 Å². The van der Waals surface area contributed by atoms with Gasteiger partial charge >= 0.3 is 0 Å². The second kappa shape index (κ2) is 9.20. The van der Waals surface area contributed by atoms with Gasteiger partial charge in [0.15, 0.2) is 5.96 Å². The van der Waals surface area contributed by atoms with E-state index in [1.165, 1.54) is 5.56 Å². The number of rotatable bonds is 7. The molecule has 6 nitrogen and oxygen atoms in total. The number of nitrogens with one attached hydrogen (secondary N) is 1. The van der Waals surface area contributed by atoms with Crippen molar-refractivity contribution in [2.45, 2.75) is 39.7 Å². The maximum atomic E-state index is 4.75. The molecule has 0 atom stereocenters. The number of guanidine groups is 1. The molecule has 0 aliphatic rings. The van der Waals surface area contributed by atoms with Gasteiger partial charge in [0.25, 0.3) is 0 Å². The second-order valence-corrected chi connectivity index (χ2v) is 6.53. The quantitative estimate of drug-likeness (QED) is 0.621. The van der Waals surface area contributed by atoms with E-state index in [1.807, 2.05) is 36.1 Å². The summed E-state index contributed by atoms with van der Waals surface area (Å²) in [5.41, 5.74) is 3.47. The minimum absolute atomic E-state index is 0.410. The van der Waals surface area contributed by atoms with Crippen LogP contribution in [0.3, 0.4) is 0 Å². The van der Waals surface area contributed by atoms with E-state index >= 15 is 0 Å². The fraction of sp³-hybridized carbons (Fsp3) is 0.526. The third-order valence-electron chi connectivity index (χ3n) is 3.94. The molecule has 2 aromatic heterocycles. The lowest BCUT2D eigenvalue weighted by Crippen LogP contribution is -2.38. The van der Waals surface area contributed by atoms with Crippen molar-refractivity contribution in [2.75, 3.05) is 20.1 Å². The maximum Gasteiger partial charge on any atom is 0.193 e. The zero-order valence-corrected chi connectivity index (χ0v) is 16.0. The first-order chi connectivity index (χ1) is 12.0. The van der Waals surface area contributed by atoms with E-state index in [1.54, 1.807) is 0 Å². The largest absolute Gasteiger partial charge is 0.357 e. The molecule has 2 rings (SSSR count). The van der Waals surface area contributed by atoms with Crippen molar-refractivity contribution in [1.82, 2.24) is 25.0 Å². The lowest BCUT2D eigenvalue weighted by molar-refractivity contribution is 0.473. The average molecular weight is 342 g/mol. The van der Waals surface area contributed by atoms with Gasteiger partial charge < -0.3 is 10.2 Å². The van der Waals surface area contributed by atoms with Crippen LogP contribution in [0, 0.1) is 0 Å². The SMILES string of the molecule is CCNC(=NCCc1ccccn1)N(C)Cc1cn(C)nc1C(C)C. The smallest absolute Gasteiger partial charge is 0.193 e. The van der Waals surface area contributed by atoms with Gasteiger partial charge in [-0.05, 0) is 25.0 Å². The van der Waals surface area contributed by atoms with E-state index in [9.17, 15) is 0 Å². The van der Waals surface area contributed by atoms with Crippen LogP contribution in [0.15, 0.2) is 35.6 Å². The maximum absolute atomic E-state index is 4.75. The zero-order chi connectivity index (χ0) is 18.2. The van der Waals surface area contributed by atoms with Gasteiger partial charge in [-0.25, -0.2) is 0 Å². The van der Waals surface area contributed by atoms with Crippen LogP contribution in [0.2, 0.25) is 0 Å². The summed E-state index contributed by atoms with van der Waals surface area (Å²) in [5.74, 6) is 1.32. The third-order valence-corrected chi connectivity index (χ3v) is 3.94. The van der Waals surface area contributed by atoms with E-state index in [-0.39, 0.29) is 0 Å². The van der Waals surface area contributed by atoms with Crippen molar-refractivity contribution < 1.29 is 0 Å². The van der Waals surface area contributed by atoms with E-state index in [2.05, 4.69) is 54.3 Å². The van der Waals surface area contributed by atoms with Crippen molar-refractivity contribution in [3.05, 3.63) is 47.5 Å². The van der Waals surface area contributed by atoms with Gasteiger partial charge in [0.05, 0.1) is 5.69 Å². The van der Waals surface area contributed by atoms with Crippen LogP contribution in [0.25, 0.3) is 0 Å². The first kappa shape index (κ1) is 19.0. The number of nitrogens with zero attached hydrogens (tertiary/aromatic N) is 5. The second-order valence-electron chi connectivity index (χ2n) is 6.53. The van der Waals surface area contributed by atoms with E-state index in [0.717, 1.165) is 36.9 Å². The summed E-state index contributed by atoms with van der Waals surface area (Å²) >= 11 is 0. The Morgan fingerprint density at radius 2 is 2.16 bits per heavy atom. The first-order valence-corrected chi connectivity index (χ1v) is 8.93. The normalized spacial score (nSPS) is 11.8. The molecule has 0 fully saturated rings. The van der Waals surface area contributed by atoms with Crippen LogP contribution in [0.5, 0.6) is 0 Å². The molecule has 2 heterocycles. The predicted molar refractivity (Wildman–Crippen MR) is 103 cm³/mol. The van der Waals surface area contributed by atoms with E-state index in [0.29, 0.717) is 12.5 Å². The van der Waals surface area contributed by atoms with Crippen LogP contribution in [0.1, 0.15) is 43.6 Å². The highest BCUT2D eigenvalue weighted by atomic mass is 15.3. The molecule has 0 amide bonds. The molecule has 0 saturated carbocycles. The molecule has 0 unspecified atom stereocenters. The highest BCUT2D eigenvalue weighted by Crippen LogP contribution is 2.18. The number of aryl methyl sites for hydroxylation is 1. The van der Waals surface area contributed by atoms with Crippen LogP contribution < -0.4 is 5.32 Å². The number of pyridine rings is 1. The van der Waals surface area contributed by atoms with Gasteiger partial charge in [0.2, 0.25) is 0 Å². The standard InChI is InChI=1S/C19H30N6/c1-6-20-19(22-12-10-17-9-7-8-11-21-17)24(4)13-16-14-25(5)23-18(16)15(2)3/h7-9,11,14-15H,6,10,12-13H2,1-5H3,(H,20,22). The molecule has 0 aliphatic carbocycles. The molecule has 0 radical (unpaired) electrons. The molecule has 6 heteroatoms. The monoisotopic (exact) mass is 342 g/mol. The minimum Gasteiger partial charge on any atom is -0.357 e. The lowest BCUT2D eigenvalue weighted by Gasteiger charge is -2.22. The summed E-state index contributed by atoms with van der Waals surface area (Å²) in [6.07, 6.45) is 4.77. The van der Waals surface area contributed by atoms with Crippen molar-refractivity contribution in [1.29, 1.82) is 0 Å². The van der Waals surface area contributed by atoms with Crippen molar-refractivity contribution in [3.8, 4) is 0 Å². The minimum atomic E-state index is 0.410. The average Bonchev–Trinajstić information content (AvgIpc) is 2.95. The predicted octanol–water partition coefficient (Wildman–Crippen LogP) is 2.58. The Morgan fingerprint density at radius 1 is 1.36 bits per heavy atom.